The van der Waals surface area contributed by atoms with Crippen molar-refractivity contribution in [2.75, 3.05) is 0 Å². The van der Waals surface area contributed by atoms with Crippen LogP contribution in [0.1, 0.15) is 12.0 Å². The summed E-state index contributed by atoms with van der Waals surface area (Å²) in [6, 6.07) is 12.3. The lowest BCUT2D eigenvalue weighted by Gasteiger charge is -2.26. The van der Waals surface area contributed by atoms with Crippen LogP contribution >= 0.6 is 0 Å². The van der Waals surface area contributed by atoms with Gasteiger partial charge in [-0.3, -0.25) is 0 Å². The van der Waals surface area contributed by atoms with E-state index >= 15 is 0 Å². The molecule has 2 N–H and O–H groups in total. The molecule has 1 unspecified atom stereocenters. The molecule has 1 aliphatic rings. The highest BCUT2D eigenvalue weighted by molar-refractivity contribution is 6.58. The summed E-state index contributed by atoms with van der Waals surface area (Å²) in [5.41, 5.74) is 0.447. The first kappa shape index (κ1) is 14.6. The van der Waals surface area contributed by atoms with Crippen molar-refractivity contribution in [3.63, 3.8) is 0 Å². The van der Waals surface area contributed by atoms with Gasteiger partial charge in [-0.2, -0.15) is 15.8 Å². The number of nitriles is 3. The summed E-state index contributed by atoms with van der Waals surface area (Å²) >= 11 is 0. The second kappa shape index (κ2) is 5.65. The lowest BCUT2D eigenvalue weighted by atomic mass is 9.71. The number of hydrogen-bond donors (Lipinski definition) is 2. The van der Waals surface area contributed by atoms with Crippen LogP contribution in [0.2, 0.25) is 0 Å². The first-order valence-electron chi connectivity index (χ1n) is 6.16. The molecule has 6 heteroatoms. The molecule has 0 saturated heterocycles. The SMILES string of the molecule is N#CC1=CC(C#N)(c2ccc(B(O)O)cc2)CC(C#N)=C1. The molecule has 0 radical (unpaired) electrons. The third-order valence-electron chi connectivity index (χ3n) is 3.40. The Morgan fingerprint density at radius 1 is 1.05 bits per heavy atom. The molecular weight excluding hydrogens is 265 g/mol. The van der Waals surface area contributed by atoms with Gasteiger partial charge in [-0.25, -0.2) is 0 Å². The Hall–Kier alpha value is -2.85. The minimum Gasteiger partial charge on any atom is -0.423 e. The Balaban J connectivity index is 2.51. The molecule has 1 aromatic carbocycles. The highest BCUT2D eigenvalue weighted by Crippen LogP contribution is 2.36. The number of allylic oxidation sites excluding steroid dienone is 4. The molecule has 1 atom stereocenters. The third-order valence-corrected chi connectivity index (χ3v) is 3.40. The Kier molecular flexibility index (Phi) is 3.92. The largest absolute Gasteiger partial charge is 0.488 e. The van der Waals surface area contributed by atoms with Gasteiger partial charge in [0.15, 0.2) is 0 Å². The fourth-order valence-corrected chi connectivity index (χ4v) is 2.31. The molecule has 0 bridgehead atoms. The van der Waals surface area contributed by atoms with E-state index in [1.165, 1.54) is 24.3 Å². The van der Waals surface area contributed by atoms with Crippen LogP contribution in [0, 0.1) is 34.0 Å². The predicted molar refractivity (Wildman–Crippen MR) is 75.6 cm³/mol. The zero-order chi connectivity index (χ0) is 15.5. The first-order chi connectivity index (χ1) is 10.0. The van der Waals surface area contributed by atoms with Gasteiger partial charge in [-0.1, -0.05) is 24.3 Å². The van der Waals surface area contributed by atoms with E-state index in [1.807, 2.05) is 12.1 Å². The summed E-state index contributed by atoms with van der Waals surface area (Å²) < 4.78 is 0. The summed E-state index contributed by atoms with van der Waals surface area (Å²) in [4.78, 5) is 0. The Labute approximate surface area is 122 Å². The van der Waals surface area contributed by atoms with Crippen molar-refractivity contribution in [2.45, 2.75) is 11.8 Å². The predicted octanol–water partition coefficient (Wildman–Crippen LogP) is 0.431. The lowest BCUT2D eigenvalue weighted by molar-refractivity contribution is 0.425. The summed E-state index contributed by atoms with van der Waals surface area (Å²) in [5.74, 6) is 0. The summed E-state index contributed by atoms with van der Waals surface area (Å²) in [5, 5.41) is 45.9. The number of benzene rings is 1. The summed E-state index contributed by atoms with van der Waals surface area (Å²) in [6.45, 7) is 0. The molecule has 0 heterocycles. The number of hydrogen-bond acceptors (Lipinski definition) is 5. The van der Waals surface area contributed by atoms with E-state index in [4.69, 9.17) is 20.6 Å². The molecule has 0 fully saturated rings. The fourth-order valence-electron chi connectivity index (χ4n) is 2.31. The zero-order valence-electron chi connectivity index (χ0n) is 11.0. The Bertz CT molecular complexity index is 745. The lowest BCUT2D eigenvalue weighted by Crippen LogP contribution is -2.31. The van der Waals surface area contributed by atoms with Gasteiger partial charge in [0.05, 0.1) is 23.8 Å². The molecule has 0 aliphatic heterocycles. The third kappa shape index (κ3) is 2.71. The van der Waals surface area contributed by atoms with Gasteiger partial charge in [0.1, 0.15) is 5.41 Å². The van der Waals surface area contributed by atoms with Gasteiger partial charge in [0.2, 0.25) is 0 Å². The van der Waals surface area contributed by atoms with Gasteiger partial charge in [0.25, 0.3) is 0 Å². The van der Waals surface area contributed by atoms with Crippen molar-refractivity contribution >= 4 is 12.6 Å². The monoisotopic (exact) mass is 275 g/mol. The maximum atomic E-state index is 9.56. The van der Waals surface area contributed by atoms with E-state index in [0.29, 0.717) is 16.6 Å². The van der Waals surface area contributed by atoms with Crippen molar-refractivity contribution in [1.82, 2.24) is 0 Å². The van der Waals surface area contributed by atoms with Crippen LogP contribution in [0.25, 0.3) is 0 Å². The zero-order valence-corrected chi connectivity index (χ0v) is 11.0. The molecule has 0 saturated carbocycles. The standard InChI is InChI=1S/C15H10BN3O2/c17-8-11-5-12(9-18)7-15(6-11,10-19)13-1-3-14(4-2-13)16(20)21/h1-6,20-21H,7H2. The highest BCUT2D eigenvalue weighted by Gasteiger charge is 2.34. The van der Waals surface area contributed by atoms with Crippen molar-refractivity contribution in [3.05, 3.63) is 53.1 Å². The van der Waals surface area contributed by atoms with Gasteiger partial charge in [0, 0.05) is 12.0 Å². The molecule has 100 valence electrons. The van der Waals surface area contributed by atoms with Crippen molar-refractivity contribution in [1.29, 1.82) is 15.8 Å². The summed E-state index contributed by atoms with van der Waals surface area (Å²) in [6.07, 6.45) is 3.20. The van der Waals surface area contributed by atoms with Crippen LogP contribution in [0.3, 0.4) is 0 Å². The average Bonchev–Trinajstić information content (AvgIpc) is 2.54. The second-order valence-electron chi connectivity index (χ2n) is 4.75. The molecule has 0 amide bonds. The van der Waals surface area contributed by atoms with E-state index in [0.717, 1.165) is 0 Å². The molecule has 21 heavy (non-hydrogen) atoms. The van der Waals surface area contributed by atoms with E-state index < -0.39 is 12.5 Å². The van der Waals surface area contributed by atoms with E-state index in [2.05, 4.69) is 6.07 Å². The number of nitrogens with zero attached hydrogens (tertiary/aromatic N) is 3. The first-order valence-corrected chi connectivity index (χ1v) is 6.16. The van der Waals surface area contributed by atoms with Crippen LogP contribution in [0.15, 0.2) is 47.6 Å². The van der Waals surface area contributed by atoms with Crippen LogP contribution in [0.4, 0.5) is 0 Å². The second-order valence-corrected chi connectivity index (χ2v) is 4.75. The molecule has 1 aliphatic carbocycles. The molecule has 0 aromatic heterocycles. The molecule has 1 aromatic rings. The van der Waals surface area contributed by atoms with Gasteiger partial charge < -0.3 is 10.0 Å². The maximum Gasteiger partial charge on any atom is 0.488 e. The van der Waals surface area contributed by atoms with Crippen LogP contribution in [-0.4, -0.2) is 17.2 Å². The fraction of sp³-hybridized carbons (Fsp3) is 0.133. The van der Waals surface area contributed by atoms with E-state index in [9.17, 15) is 5.26 Å². The van der Waals surface area contributed by atoms with Crippen LogP contribution in [0.5, 0.6) is 0 Å². The normalized spacial score (nSPS) is 20.3. The van der Waals surface area contributed by atoms with Crippen molar-refractivity contribution < 1.29 is 10.0 Å². The van der Waals surface area contributed by atoms with Crippen LogP contribution < -0.4 is 5.46 Å². The van der Waals surface area contributed by atoms with Crippen molar-refractivity contribution in [2.24, 2.45) is 0 Å². The van der Waals surface area contributed by atoms with E-state index in [1.54, 1.807) is 12.1 Å². The van der Waals surface area contributed by atoms with Crippen LogP contribution in [-0.2, 0) is 5.41 Å². The minimum atomic E-state index is -1.58. The van der Waals surface area contributed by atoms with E-state index in [-0.39, 0.29) is 12.0 Å². The summed E-state index contributed by atoms with van der Waals surface area (Å²) in [7, 11) is -1.58. The smallest absolute Gasteiger partial charge is 0.423 e. The maximum absolute atomic E-state index is 9.56. The quantitative estimate of drug-likeness (QED) is 0.760. The molecular formula is C15H10BN3O2. The highest BCUT2D eigenvalue weighted by atomic mass is 16.4. The van der Waals surface area contributed by atoms with Gasteiger partial charge >= 0.3 is 7.12 Å². The molecule has 2 rings (SSSR count). The molecule has 0 spiro atoms. The topological polar surface area (TPSA) is 112 Å². The van der Waals surface area contributed by atoms with Gasteiger partial charge in [-0.15, -0.1) is 0 Å². The van der Waals surface area contributed by atoms with Crippen molar-refractivity contribution in [3.8, 4) is 18.2 Å². The Morgan fingerprint density at radius 3 is 2.19 bits per heavy atom. The molecule has 5 nitrogen and oxygen atoms in total. The number of rotatable bonds is 2. The minimum absolute atomic E-state index is 0.187. The average molecular weight is 275 g/mol. The Morgan fingerprint density at radius 2 is 1.71 bits per heavy atom. The van der Waals surface area contributed by atoms with Gasteiger partial charge in [-0.05, 0) is 23.2 Å².